The second-order valence-corrected chi connectivity index (χ2v) is 6.54. The first-order valence-corrected chi connectivity index (χ1v) is 8.06. The number of benzene rings is 1. The summed E-state index contributed by atoms with van der Waals surface area (Å²) < 4.78 is 10.9. The monoisotopic (exact) mass is 357 g/mol. The fourth-order valence-electron chi connectivity index (χ4n) is 3.89. The highest BCUT2D eigenvalue weighted by molar-refractivity contribution is 6.23. The van der Waals surface area contributed by atoms with E-state index in [2.05, 4.69) is 0 Å². The van der Waals surface area contributed by atoms with Gasteiger partial charge in [-0.25, -0.2) is 9.69 Å². The van der Waals surface area contributed by atoms with Crippen LogP contribution >= 0.6 is 0 Å². The van der Waals surface area contributed by atoms with Crippen LogP contribution in [0.1, 0.15) is 17.3 Å². The predicted molar refractivity (Wildman–Crippen MR) is 86.3 cm³/mol. The maximum Gasteiger partial charge on any atom is 0.335 e. The summed E-state index contributed by atoms with van der Waals surface area (Å²) in [6.45, 7) is 1.12. The molecule has 3 heterocycles. The quantitative estimate of drug-likeness (QED) is 0.481. The third-order valence-electron chi connectivity index (χ3n) is 5.03. The van der Waals surface area contributed by atoms with Crippen molar-refractivity contribution in [1.82, 2.24) is 0 Å². The number of carboxylic acid groups (broad SMARTS) is 1. The lowest BCUT2D eigenvalue weighted by atomic mass is 9.77. The van der Waals surface area contributed by atoms with Crippen molar-refractivity contribution in [1.29, 1.82) is 0 Å². The largest absolute Gasteiger partial charge is 0.478 e. The molecular formula is C18H15NO7. The molecule has 3 aliphatic rings. The summed E-state index contributed by atoms with van der Waals surface area (Å²) in [7, 11) is 0. The van der Waals surface area contributed by atoms with Crippen molar-refractivity contribution < 1.29 is 33.8 Å². The Hall–Kier alpha value is -3.00. The number of nitrogens with zero attached hydrogens (tertiary/aromatic N) is 1. The number of carbonyl (C=O) groups excluding carboxylic acids is 3. The van der Waals surface area contributed by atoms with Crippen molar-refractivity contribution in [2.75, 3.05) is 11.5 Å². The molecule has 0 spiro atoms. The number of hydrogen-bond acceptors (Lipinski definition) is 6. The first kappa shape index (κ1) is 16.5. The second-order valence-electron chi connectivity index (χ2n) is 6.54. The molecule has 0 saturated carbocycles. The van der Waals surface area contributed by atoms with E-state index < -0.39 is 47.3 Å². The van der Waals surface area contributed by atoms with Gasteiger partial charge in [-0.2, -0.15) is 0 Å². The second kappa shape index (κ2) is 5.50. The number of carboxylic acids is 1. The molecule has 1 N–H and O–H groups in total. The predicted octanol–water partition coefficient (Wildman–Crippen LogP) is 0.761. The summed E-state index contributed by atoms with van der Waals surface area (Å²) in [5.41, 5.74) is -0.769. The van der Waals surface area contributed by atoms with Crippen molar-refractivity contribution in [2.24, 2.45) is 11.8 Å². The molecule has 134 valence electrons. The molecule has 2 bridgehead atoms. The number of amides is 2. The summed E-state index contributed by atoms with van der Waals surface area (Å²) in [5, 5.41) is 8.98. The van der Waals surface area contributed by atoms with Crippen LogP contribution in [0.4, 0.5) is 5.69 Å². The van der Waals surface area contributed by atoms with E-state index in [0.29, 0.717) is 5.69 Å². The van der Waals surface area contributed by atoms with Crippen molar-refractivity contribution in [3.8, 4) is 0 Å². The maximum absolute atomic E-state index is 13.0. The van der Waals surface area contributed by atoms with Crippen molar-refractivity contribution in [2.45, 2.75) is 18.6 Å². The highest BCUT2D eigenvalue weighted by atomic mass is 16.6. The van der Waals surface area contributed by atoms with Crippen LogP contribution in [-0.2, 0) is 23.9 Å². The van der Waals surface area contributed by atoms with E-state index in [-0.39, 0.29) is 12.2 Å². The van der Waals surface area contributed by atoms with E-state index >= 15 is 0 Å². The number of carbonyl (C=O) groups is 4. The Labute approximate surface area is 148 Å². The molecule has 2 saturated heterocycles. The number of rotatable bonds is 4. The van der Waals surface area contributed by atoms with Crippen LogP contribution in [0, 0.1) is 11.8 Å². The number of fused-ring (bicyclic) bond motifs is 5. The van der Waals surface area contributed by atoms with Gasteiger partial charge in [0.15, 0.2) is 0 Å². The lowest BCUT2D eigenvalue weighted by Gasteiger charge is -2.28. The standard InChI is InChI=1S/C18H15NO7/c1-9(20)25-8-18-7-6-12(26-18)13-14(18)16(22)19(15(13)21)11-4-2-10(3-5-11)17(23)24/h2-7,12-14H,8H2,1H3,(H,23,24)/t12-,13-,14+,18-/m1/s1. The Morgan fingerprint density at radius 3 is 2.54 bits per heavy atom. The highest BCUT2D eigenvalue weighted by Crippen LogP contribution is 2.52. The van der Waals surface area contributed by atoms with Gasteiger partial charge in [0, 0.05) is 6.92 Å². The van der Waals surface area contributed by atoms with Crippen LogP contribution < -0.4 is 4.90 Å². The van der Waals surface area contributed by atoms with Crippen LogP contribution in [0.25, 0.3) is 0 Å². The summed E-state index contributed by atoms with van der Waals surface area (Å²) in [4.78, 5) is 49.0. The Morgan fingerprint density at radius 2 is 1.92 bits per heavy atom. The van der Waals surface area contributed by atoms with Crippen LogP contribution in [0.3, 0.4) is 0 Å². The summed E-state index contributed by atoms with van der Waals surface area (Å²) in [6, 6.07) is 5.53. The zero-order valence-corrected chi connectivity index (χ0v) is 13.7. The minimum atomic E-state index is -1.14. The van der Waals surface area contributed by atoms with E-state index in [1.54, 1.807) is 12.2 Å². The van der Waals surface area contributed by atoms with Gasteiger partial charge in [0.05, 0.1) is 29.2 Å². The van der Waals surface area contributed by atoms with E-state index in [0.717, 1.165) is 4.90 Å². The van der Waals surface area contributed by atoms with Crippen LogP contribution in [-0.4, -0.2) is 47.2 Å². The van der Waals surface area contributed by atoms with Crippen molar-refractivity contribution >= 4 is 29.4 Å². The molecule has 4 atom stereocenters. The minimum absolute atomic E-state index is 0.0597. The smallest absolute Gasteiger partial charge is 0.335 e. The first-order valence-electron chi connectivity index (χ1n) is 8.06. The van der Waals surface area contributed by atoms with Crippen LogP contribution in [0.5, 0.6) is 0 Å². The Bertz CT molecular complexity index is 859. The molecule has 0 unspecified atom stereocenters. The molecular weight excluding hydrogens is 342 g/mol. The third kappa shape index (κ3) is 2.19. The molecule has 26 heavy (non-hydrogen) atoms. The first-order chi connectivity index (χ1) is 12.3. The van der Waals surface area contributed by atoms with E-state index in [4.69, 9.17) is 14.6 Å². The van der Waals surface area contributed by atoms with Gasteiger partial charge in [-0.15, -0.1) is 0 Å². The van der Waals surface area contributed by atoms with Crippen molar-refractivity contribution in [3.05, 3.63) is 42.0 Å². The number of anilines is 1. The number of aromatic carboxylic acids is 1. The van der Waals surface area contributed by atoms with E-state index in [1.807, 2.05) is 0 Å². The van der Waals surface area contributed by atoms with Crippen LogP contribution in [0.2, 0.25) is 0 Å². The fraction of sp³-hybridized carbons (Fsp3) is 0.333. The lowest BCUT2D eigenvalue weighted by Crippen LogP contribution is -2.44. The molecule has 0 radical (unpaired) electrons. The SMILES string of the molecule is CC(=O)OC[C@@]12C=C[C@@H](O1)[C@H]1C(=O)N(c3ccc(C(=O)O)cc3)C(=O)[C@H]12. The lowest BCUT2D eigenvalue weighted by molar-refractivity contribution is -0.150. The fourth-order valence-corrected chi connectivity index (χ4v) is 3.89. The molecule has 4 rings (SSSR count). The third-order valence-corrected chi connectivity index (χ3v) is 5.03. The molecule has 1 aromatic carbocycles. The Kier molecular flexibility index (Phi) is 3.48. The molecule has 2 amide bonds. The van der Waals surface area contributed by atoms with Gasteiger partial charge in [-0.3, -0.25) is 14.4 Å². The number of hydrogen-bond donors (Lipinski definition) is 1. The number of imide groups is 1. The van der Waals surface area contributed by atoms with Gasteiger partial charge in [0.1, 0.15) is 12.2 Å². The molecule has 3 aliphatic heterocycles. The summed E-state index contributed by atoms with van der Waals surface area (Å²) in [5.74, 6) is -3.89. The van der Waals surface area contributed by atoms with Gasteiger partial charge in [0.25, 0.3) is 0 Å². The van der Waals surface area contributed by atoms with Gasteiger partial charge in [-0.1, -0.05) is 6.08 Å². The molecule has 0 aromatic heterocycles. The van der Waals surface area contributed by atoms with E-state index in [1.165, 1.54) is 31.2 Å². The van der Waals surface area contributed by atoms with Gasteiger partial charge in [0.2, 0.25) is 11.8 Å². The summed E-state index contributed by atoms with van der Waals surface area (Å²) in [6.07, 6.45) is 2.85. The minimum Gasteiger partial charge on any atom is -0.478 e. The molecule has 8 heteroatoms. The topological polar surface area (TPSA) is 110 Å². The summed E-state index contributed by atoms with van der Waals surface area (Å²) >= 11 is 0. The Balaban J connectivity index is 1.66. The Morgan fingerprint density at radius 1 is 1.23 bits per heavy atom. The van der Waals surface area contributed by atoms with Gasteiger partial charge in [-0.05, 0) is 30.3 Å². The van der Waals surface area contributed by atoms with Crippen LogP contribution in [0.15, 0.2) is 36.4 Å². The molecule has 0 aliphatic carbocycles. The molecule has 1 aromatic rings. The molecule has 8 nitrogen and oxygen atoms in total. The van der Waals surface area contributed by atoms with Gasteiger partial charge < -0.3 is 14.6 Å². The van der Waals surface area contributed by atoms with Gasteiger partial charge >= 0.3 is 11.9 Å². The van der Waals surface area contributed by atoms with Crippen molar-refractivity contribution in [3.63, 3.8) is 0 Å². The zero-order valence-electron chi connectivity index (χ0n) is 13.7. The number of ether oxygens (including phenoxy) is 2. The average molecular weight is 357 g/mol. The normalized spacial score (nSPS) is 31.4. The zero-order chi connectivity index (χ0) is 18.6. The molecule has 2 fully saturated rings. The van der Waals surface area contributed by atoms with E-state index in [9.17, 15) is 19.2 Å². The highest BCUT2D eigenvalue weighted by Gasteiger charge is 2.68. The maximum atomic E-state index is 13.0. The number of esters is 1. The average Bonchev–Trinajstić information content (AvgIpc) is 3.24.